The number of pyridine rings is 1. The molecule has 2 aliphatic heterocycles. The monoisotopic (exact) mass is 728 g/mol. The number of carbonyl (C=O) groups excluding carboxylic acids is 2. The molecule has 1 fully saturated rings. The third-order valence-corrected chi connectivity index (χ3v) is 10.7. The summed E-state index contributed by atoms with van der Waals surface area (Å²) in [5.41, 5.74) is 8.93. The van der Waals surface area contributed by atoms with E-state index in [4.69, 9.17) is 10.6 Å². The number of aliphatic carboxylic acids is 1. The molecule has 0 unspecified atom stereocenters. The zero-order valence-electron chi connectivity index (χ0n) is 27.7. The number of aryl methyl sites for hydroxylation is 1. The molecule has 2 atom stereocenters. The molecular weight excluding hydrogens is 697 g/mol. The highest BCUT2D eigenvalue weighted by atomic mass is 32.2. The van der Waals surface area contributed by atoms with Crippen LogP contribution in [-0.4, -0.2) is 60.6 Å². The minimum absolute atomic E-state index is 0.126. The first-order valence-electron chi connectivity index (χ1n) is 16.2. The van der Waals surface area contributed by atoms with E-state index in [-0.39, 0.29) is 22.2 Å². The highest BCUT2D eigenvalue weighted by Gasteiger charge is 2.54. The molecule has 4 heterocycles. The number of nitrogens with one attached hydrogen (secondary N) is 1. The van der Waals surface area contributed by atoms with Gasteiger partial charge in [0.15, 0.2) is 10.8 Å². The number of amides is 2. The molecule has 1 saturated heterocycles. The molecule has 2 aromatic heterocycles. The number of hydrogen-bond acceptors (Lipinski definition) is 10. The molecule has 4 N–H and O–H groups in total. The van der Waals surface area contributed by atoms with Crippen molar-refractivity contribution < 1.29 is 24.3 Å². The molecular formula is C39H32N6O5S2. The summed E-state index contributed by atoms with van der Waals surface area (Å²) < 4.78 is 0. The maximum atomic E-state index is 14.1. The van der Waals surface area contributed by atoms with Crippen LogP contribution in [-0.2, 0) is 24.8 Å². The largest absolute Gasteiger partial charge is 0.477 e. The number of benzene rings is 3. The van der Waals surface area contributed by atoms with Crippen molar-refractivity contribution >= 4 is 57.8 Å². The lowest BCUT2D eigenvalue weighted by Gasteiger charge is -2.49. The summed E-state index contributed by atoms with van der Waals surface area (Å²) in [6, 6.07) is 31.3. The number of anilines is 1. The van der Waals surface area contributed by atoms with E-state index in [0.717, 1.165) is 39.3 Å². The Morgan fingerprint density at radius 3 is 2.10 bits per heavy atom. The number of thioether (sulfide) groups is 1. The second kappa shape index (κ2) is 14.7. The number of nitrogen functional groups attached to an aromatic ring is 1. The average Bonchev–Trinajstić information content (AvgIpc) is 3.61. The maximum Gasteiger partial charge on any atom is 0.352 e. The van der Waals surface area contributed by atoms with E-state index in [1.807, 2.05) is 110 Å². The fourth-order valence-corrected chi connectivity index (χ4v) is 8.01. The molecule has 52 heavy (non-hydrogen) atoms. The first-order valence-corrected chi connectivity index (χ1v) is 18.2. The zero-order chi connectivity index (χ0) is 36.2. The topological polar surface area (TPSA) is 160 Å². The number of carbonyl (C=O) groups is 3. The number of aromatic nitrogens is 2. The Balaban J connectivity index is 1.21. The van der Waals surface area contributed by atoms with Crippen molar-refractivity contribution in [3.8, 4) is 0 Å². The number of carboxylic acid groups (broad SMARTS) is 1. The predicted octanol–water partition coefficient (Wildman–Crippen LogP) is 5.59. The smallest absolute Gasteiger partial charge is 0.352 e. The lowest BCUT2D eigenvalue weighted by molar-refractivity contribution is -0.150. The Bertz CT molecular complexity index is 2110. The molecule has 3 aromatic carbocycles. The van der Waals surface area contributed by atoms with Gasteiger partial charge in [-0.15, -0.1) is 23.1 Å². The van der Waals surface area contributed by atoms with E-state index < -0.39 is 34.8 Å². The number of nitrogens with zero attached hydrogens (tertiary/aromatic N) is 4. The van der Waals surface area contributed by atoms with Crippen LogP contribution in [0.15, 0.2) is 137 Å². The lowest BCUT2D eigenvalue weighted by Crippen LogP contribution is -2.71. The first kappa shape index (κ1) is 34.4. The molecule has 260 valence electrons. The fourth-order valence-electron chi connectivity index (χ4n) is 6.15. The molecule has 5 aromatic rings. The van der Waals surface area contributed by atoms with Crippen LogP contribution in [0.3, 0.4) is 0 Å². The number of nitrogens with two attached hydrogens (primary N) is 1. The van der Waals surface area contributed by atoms with E-state index >= 15 is 0 Å². The number of thiazole rings is 1. The van der Waals surface area contributed by atoms with E-state index in [1.165, 1.54) is 16.7 Å². The van der Waals surface area contributed by atoms with Gasteiger partial charge in [0.2, 0.25) is 5.60 Å². The Morgan fingerprint density at radius 2 is 1.58 bits per heavy atom. The number of carboxylic acids is 1. The molecule has 0 spiro atoms. The molecule has 0 radical (unpaired) electrons. The van der Waals surface area contributed by atoms with Crippen LogP contribution >= 0.6 is 23.1 Å². The summed E-state index contributed by atoms with van der Waals surface area (Å²) in [6.07, 6.45) is 5.14. The lowest BCUT2D eigenvalue weighted by atomic mass is 9.80. The maximum absolute atomic E-state index is 14.1. The van der Waals surface area contributed by atoms with Crippen LogP contribution in [0.5, 0.6) is 0 Å². The van der Waals surface area contributed by atoms with Gasteiger partial charge < -0.3 is 21.0 Å². The fraction of sp³-hybridized carbons (Fsp3) is 0.128. The molecule has 11 nitrogen and oxygen atoms in total. The van der Waals surface area contributed by atoms with Crippen LogP contribution in [0, 0.1) is 6.92 Å². The summed E-state index contributed by atoms with van der Waals surface area (Å²) in [5, 5.41) is 18.6. The number of hydrogen-bond donors (Lipinski definition) is 3. The summed E-state index contributed by atoms with van der Waals surface area (Å²) >= 11 is 2.48. The summed E-state index contributed by atoms with van der Waals surface area (Å²) in [6.45, 7) is 1.88. The highest BCUT2D eigenvalue weighted by molar-refractivity contribution is 8.00. The Morgan fingerprint density at radius 1 is 0.962 bits per heavy atom. The van der Waals surface area contributed by atoms with Gasteiger partial charge in [-0.25, -0.2) is 9.78 Å². The summed E-state index contributed by atoms with van der Waals surface area (Å²) in [5.74, 6) is -2.22. The molecule has 13 heteroatoms. The van der Waals surface area contributed by atoms with Gasteiger partial charge in [-0.2, -0.15) is 0 Å². The van der Waals surface area contributed by atoms with Gasteiger partial charge in [0.05, 0.1) is 0 Å². The van der Waals surface area contributed by atoms with Crippen LogP contribution in [0.25, 0.3) is 6.08 Å². The number of rotatable bonds is 11. The van der Waals surface area contributed by atoms with E-state index in [2.05, 4.69) is 20.4 Å². The first-order chi connectivity index (χ1) is 25.3. The van der Waals surface area contributed by atoms with Crippen molar-refractivity contribution in [1.82, 2.24) is 20.2 Å². The molecule has 0 aliphatic carbocycles. The highest BCUT2D eigenvalue weighted by Crippen LogP contribution is 2.42. The molecule has 7 rings (SSSR count). The number of β-lactam (4-membered cyclic amide) rings is 1. The Hall–Kier alpha value is -6.05. The van der Waals surface area contributed by atoms with Crippen molar-refractivity contribution in [2.45, 2.75) is 23.9 Å². The van der Waals surface area contributed by atoms with Crippen LogP contribution in [0.2, 0.25) is 0 Å². The number of fused-ring (bicyclic) bond motifs is 1. The van der Waals surface area contributed by atoms with Gasteiger partial charge >= 0.3 is 5.97 Å². The third-order valence-electron chi connectivity index (χ3n) is 8.69. The van der Waals surface area contributed by atoms with E-state index in [0.29, 0.717) is 11.3 Å². The van der Waals surface area contributed by atoms with Crippen LogP contribution in [0.1, 0.15) is 33.6 Å². The molecule has 2 amide bonds. The average molecular weight is 729 g/mol. The van der Waals surface area contributed by atoms with Crippen molar-refractivity contribution in [3.63, 3.8) is 0 Å². The van der Waals surface area contributed by atoms with E-state index in [9.17, 15) is 19.5 Å². The second-order valence-electron chi connectivity index (χ2n) is 12.0. The van der Waals surface area contributed by atoms with E-state index in [1.54, 1.807) is 23.7 Å². The Kier molecular flexibility index (Phi) is 9.70. The summed E-state index contributed by atoms with van der Waals surface area (Å²) in [7, 11) is 0. The second-order valence-corrected chi connectivity index (χ2v) is 14.0. The number of oxime groups is 1. The minimum atomic E-state index is -1.29. The summed E-state index contributed by atoms with van der Waals surface area (Å²) in [4.78, 5) is 56.6. The van der Waals surface area contributed by atoms with Crippen LogP contribution < -0.4 is 11.1 Å². The normalized spacial score (nSPS) is 17.4. The molecule has 0 bridgehead atoms. The van der Waals surface area contributed by atoms with Gasteiger partial charge in [0.1, 0.15) is 22.8 Å². The predicted molar refractivity (Wildman–Crippen MR) is 201 cm³/mol. The van der Waals surface area contributed by atoms with Gasteiger partial charge in [0.25, 0.3) is 11.8 Å². The Labute approximate surface area is 307 Å². The molecule has 2 aliphatic rings. The standard InChI is InChI=1S/C39H32N6O5S2/c1-24-17-18-25(21-41-24)19-20-26-22-51-36-32(35(47)45(36)33(26)37(48)49)43-34(46)31(30-23-52-38(40)42-30)44-50-39(27-11-5-2-6-12-27,28-13-7-3-8-14-28)29-15-9-4-10-16-29/h2-21,23,32,36H,22H2,1H3,(H2,40,42)(H,43,46)(H,48,49)/b20-19-,44-31+/t32-,36-/m1/s1. The minimum Gasteiger partial charge on any atom is -0.477 e. The zero-order valence-corrected chi connectivity index (χ0v) is 29.4. The van der Waals surface area contributed by atoms with Crippen molar-refractivity contribution in [1.29, 1.82) is 0 Å². The van der Waals surface area contributed by atoms with Gasteiger partial charge in [-0.05, 0) is 24.1 Å². The van der Waals surface area contributed by atoms with Crippen LogP contribution in [0.4, 0.5) is 5.13 Å². The van der Waals surface area contributed by atoms with Crippen molar-refractivity contribution in [2.75, 3.05) is 11.5 Å². The quantitative estimate of drug-likeness (QED) is 0.0682. The third kappa shape index (κ3) is 6.59. The number of allylic oxidation sites excluding steroid dienone is 1. The van der Waals surface area contributed by atoms with Gasteiger partial charge in [0, 0.05) is 39.7 Å². The van der Waals surface area contributed by atoms with Gasteiger partial charge in [-0.3, -0.25) is 19.5 Å². The van der Waals surface area contributed by atoms with Gasteiger partial charge in [-0.1, -0.05) is 114 Å². The SMILES string of the molecule is Cc1ccc(/C=C\C2=C(C(=O)O)N3C(=O)[C@@H](NC(=O)/C(=N/OC(c4ccccc4)(c4ccccc4)c4ccccc4)c4csc(N)n4)[C@H]3SC2)cn1. The van der Waals surface area contributed by atoms with Crippen molar-refractivity contribution in [3.05, 3.63) is 166 Å². The molecule has 0 saturated carbocycles. The van der Waals surface area contributed by atoms with Crippen molar-refractivity contribution in [2.24, 2.45) is 5.16 Å².